The third-order valence-corrected chi connectivity index (χ3v) is 3.55. The fraction of sp³-hybridized carbons (Fsp3) is 0.167. The predicted octanol–water partition coefficient (Wildman–Crippen LogP) is 3.77. The predicted molar refractivity (Wildman–Crippen MR) is 86.8 cm³/mol. The van der Waals surface area contributed by atoms with Gasteiger partial charge in [-0.25, -0.2) is 0 Å². The standard InChI is InChI=1S/C18H19N3/c19-18-10-4-9-16(12-18)17-13-20-21(14-17)11-5-8-15-6-2-1-3-7-15/h1-4,6-7,9-10,12-14H,5,8,11,19H2. The molecular formula is C18H19N3. The minimum absolute atomic E-state index is 0.782. The van der Waals surface area contributed by atoms with Crippen molar-refractivity contribution in [2.75, 3.05) is 5.73 Å². The van der Waals surface area contributed by atoms with E-state index in [4.69, 9.17) is 5.73 Å². The molecule has 0 radical (unpaired) electrons. The van der Waals surface area contributed by atoms with Crippen molar-refractivity contribution >= 4 is 5.69 Å². The van der Waals surface area contributed by atoms with E-state index < -0.39 is 0 Å². The van der Waals surface area contributed by atoms with Crippen molar-refractivity contribution in [3.8, 4) is 11.1 Å². The second kappa shape index (κ2) is 6.27. The number of hydrogen-bond acceptors (Lipinski definition) is 2. The number of nitrogens with two attached hydrogens (primary N) is 1. The molecule has 1 aromatic heterocycles. The second-order valence-electron chi connectivity index (χ2n) is 5.21. The van der Waals surface area contributed by atoms with Gasteiger partial charge >= 0.3 is 0 Å². The average molecular weight is 277 g/mol. The van der Waals surface area contributed by atoms with Crippen molar-refractivity contribution in [1.29, 1.82) is 0 Å². The summed E-state index contributed by atoms with van der Waals surface area (Å²) >= 11 is 0. The molecule has 106 valence electrons. The van der Waals surface area contributed by atoms with Crippen LogP contribution in [0.4, 0.5) is 5.69 Å². The molecule has 1 heterocycles. The van der Waals surface area contributed by atoms with E-state index in [2.05, 4.69) is 47.7 Å². The molecule has 0 bridgehead atoms. The topological polar surface area (TPSA) is 43.8 Å². The third kappa shape index (κ3) is 3.51. The zero-order valence-electron chi connectivity index (χ0n) is 11.9. The van der Waals surface area contributed by atoms with Gasteiger partial charge in [-0.1, -0.05) is 42.5 Å². The molecule has 3 heteroatoms. The summed E-state index contributed by atoms with van der Waals surface area (Å²) in [6.45, 7) is 0.928. The molecular weight excluding hydrogens is 258 g/mol. The number of aryl methyl sites for hydroxylation is 2. The van der Waals surface area contributed by atoms with Crippen LogP contribution in [0, 0.1) is 0 Å². The average Bonchev–Trinajstić information content (AvgIpc) is 2.97. The van der Waals surface area contributed by atoms with Crippen molar-refractivity contribution in [3.05, 3.63) is 72.6 Å². The summed E-state index contributed by atoms with van der Waals surface area (Å²) in [6.07, 6.45) is 6.15. The van der Waals surface area contributed by atoms with E-state index in [1.165, 1.54) is 5.56 Å². The molecule has 2 aromatic carbocycles. The number of hydrogen-bond donors (Lipinski definition) is 1. The van der Waals surface area contributed by atoms with Crippen LogP contribution in [0.2, 0.25) is 0 Å². The monoisotopic (exact) mass is 277 g/mol. The Kier molecular flexibility index (Phi) is 4.01. The Bertz CT molecular complexity index is 701. The molecule has 0 saturated heterocycles. The molecule has 0 saturated carbocycles. The Hall–Kier alpha value is -2.55. The van der Waals surface area contributed by atoms with Crippen molar-refractivity contribution in [3.63, 3.8) is 0 Å². The molecule has 0 unspecified atom stereocenters. The molecule has 3 nitrogen and oxygen atoms in total. The molecule has 0 fully saturated rings. The molecule has 3 aromatic rings. The summed E-state index contributed by atoms with van der Waals surface area (Å²) in [4.78, 5) is 0. The SMILES string of the molecule is Nc1cccc(-c2cnn(CCCc3ccccc3)c2)c1. The van der Waals surface area contributed by atoms with Crippen LogP contribution in [0.1, 0.15) is 12.0 Å². The highest BCUT2D eigenvalue weighted by Gasteiger charge is 2.02. The summed E-state index contributed by atoms with van der Waals surface area (Å²) < 4.78 is 2.00. The Morgan fingerprint density at radius 3 is 2.62 bits per heavy atom. The number of benzene rings is 2. The molecule has 21 heavy (non-hydrogen) atoms. The summed E-state index contributed by atoms with van der Waals surface area (Å²) in [6, 6.07) is 18.5. The maximum atomic E-state index is 5.82. The molecule has 0 spiro atoms. The lowest BCUT2D eigenvalue weighted by molar-refractivity contribution is 0.579. The quantitative estimate of drug-likeness (QED) is 0.721. The third-order valence-electron chi connectivity index (χ3n) is 3.55. The highest BCUT2D eigenvalue weighted by molar-refractivity contribution is 5.65. The minimum Gasteiger partial charge on any atom is -0.399 e. The lowest BCUT2D eigenvalue weighted by Crippen LogP contribution is -1.99. The van der Waals surface area contributed by atoms with Crippen LogP contribution in [0.3, 0.4) is 0 Å². The van der Waals surface area contributed by atoms with Gasteiger partial charge in [-0.3, -0.25) is 4.68 Å². The first-order valence-electron chi connectivity index (χ1n) is 7.23. The zero-order chi connectivity index (χ0) is 14.5. The summed E-state index contributed by atoms with van der Waals surface area (Å²) in [5, 5.41) is 4.43. The largest absolute Gasteiger partial charge is 0.399 e. The van der Waals surface area contributed by atoms with Gasteiger partial charge in [0.1, 0.15) is 0 Å². The lowest BCUT2D eigenvalue weighted by Gasteiger charge is -2.02. The Morgan fingerprint density at radius 2 is 1.81 bits per heavy atom. The molecule has 0 aliphatic heterocycles. The van der Waals surface area contributed by atoms with Crippen LogP contribution >= 0.6 is 0 Å². The van der Waals surface area contributed by atoms with Gasteiger partial charge in [-0.2, -0.15) is 5.10 Å². The van der Waals surface area contributed by atoms with Gasteiger partial charge in [0.2, 0.25) is 0 Å². The van der Waals surface area contributed by atoms with Crippen molar-refractivity contribution < 1.29 is 0 Å². The van der Waals surface area contributed by atoms with Gasteiger partial charge in [0.25, 0.3) is 0 Å². The number of nitrogens with zero attached hydrogens (tertiary/aromatic N) is 2. The molecule has 0 amide bonds. The van der Waals surface area contributed by atoms with Crippen molar-refractivity contribution in [1.82, 2.24) is 9.78 Å². The molecule has 2 N–H and O–H groups in total. The number of aromatic nitrogens is 2. The van der Waals surface area contributed by atoms with E-state index in [9.17, 15) is 0 Å². The van der Waals surface area contributed by atoms with Gasteiger partial charge in [0.15, 0.2) is 0 Å². The highest BCUT2D eigenvalue weighted by Crippen LogP contribution is 2.20. The van der Waals surface area contributed by atoms with Gasteiger partial charge in [0, 0.05) is 24.0 Å². The van der Waals surface area contributed by atoms with Crippen molar-refractivity contribution in [2.45, 2.75) is 19.4 Å². The van der Waals surface area contributed by atoms with E-state index in [1.807, 2.05) is 29.1 Å². The maximum absolute atomic E-state index is 5.82. The molecule has 0 aliphatic rings. The molecule has 0 aliphatic carbocycles. The first kappa shape index (κ1) is 13.4. The fourth-order valence-corrected chi connectivity index (χ4v) is 2.44. The van der Waals surface area contributed by atoms with Crippen LogP contribution in [-0.2, 0) is 13.0 Å². The van der Waals surface area contributed by atoms with Crippen molar-refractivity contribution in [2.24, 2.45) is 0 Å². The number of anilines is 1. The fourth-order valence-electron chi connectivity index (χ4n) is 2.44. The molecule has 0 atom stereocenters. The first-order chi connectivity index (χ1) is 10.3. The lowest BCUT2D eigenvalue weighted by atomic mass is 10.1. The summed E-state index contributed by atoms with van der Waals surface area (Å²) in [7, 11) is 0. The molecule has 3 rings (SSSR count). The van der Waals surface area contributed by atoms with E-state index >= 15 is 0 Å². The Labute approximate surface area is 125 Å². The zero-order valence-corrected chi connectivity index (χ0v) is 11.9. The van der Waals surface area contributed by atoms with Crippen LogP contribution in [0.5, 0.6) is 0 Å². The van der Waals surface area contributed by atoms with Crippen LogP contribution in [-0.4, -0.2) is 9.78 Å². The minimum atomic E-state index is 0.782. The summed E-state index contributed by atoms with van der Waals surface area (Å²) in [5.74, 6) is 0. The Morgan fingerprint density at radius 1 is 0.952 bits per heavy atom. The van der Waals surface area contributed by atoms with Gasteiger partial charge in [-0.15, -0.1) is 0 Å². The Balaban J connectivity index is 1.60. The van der Waals surface area contributed by atoms with Crippen LogP contribution in [0.25, 0.3) is 11.1 Å². The smallest absolute Gasteiger partial charge is 0.0568 e. The van der Waals surface area contributed by atoms with Crippen LogP contribution in [0.15, 0.2) is 67.0 Å². The van der Waals surface area contributed by atoms with E-state index in [-0.39, 0.29) is 0 Å². The maximum Gasteiger partial charge on any atom is 0.0568 e. The summed E-state index contributed by atoms with van der Waals surface area (Å²) in [5.41, 5.74) is 10.2. The highest BCUT2D eigenvalue weighted by atomic mass is 15.3. The van der Waals surface area contributed by atoms with Gasteiger partial charge in [0.05, 0.1) is 6.20 Å². The van der Waals surface area contributed by atoms with Gasteiger partial charge < -0.3 is 5.73 Å². The number of nitrogen functional groups attached to an aromatic ring is 1. The van der Waals surface area contributed by atoms with E-state index in [0.717, 1.165) is 36.2 Å². The normalized spacial score (nSPS) is 10.7. The second-order valence-corrected chi connectivity index (χ2v) is 5.21. The number of rotatable bonds is 5. The van der Waals surface area contributed by atoms with Gasteiger partial charge in [-0.05, 0) is 36.1 Å². The first-order valence-corrected chi connectivity index (χ1v) is 7.23. The van der Waals surface area contributed by atoms with Crippen LogP contribution < -0.4 is 5.73 Å². The van der Waals surface area contributed by atoms with E-state index in [1.54, 1.807) is 0 Å². The van der Waals surface area contributed by atoms with E-state index in [0.29, 0.717) is 0 Å².